The smallest absolute Gasteiger partial charge is 0.0713 e. The van der Waals surface area contributed by atoms with Crippen LogP contribution in [0, 0.1) is 0 Å². The molecular formula is C13H21NO2. The van der Waals surface area contributed by atoms with Crippen LogP contribution in [0.15, 0.2) is 24.3 Å². The van der Waals surface area contributed by atoms with E-state index >= 15 is 0 Å². The topological polar surface area (TPSA) is 41.5 Å². The van der Waals surface area contributed by atoms with Gasteiger partial charge in [0.1, 0.15) is 0 Å². The van der Waals surface area contributed by atoms with Gasteiger partial charge < -0.3 is 15.2 Å². The number of hydrogen-bond donors (Lipinski definition) is 2. The molecule has 0 heterocycles. The summed E-state index contributed by atoms with van der Waals surface area (Å²) in [4.78, 5) is 0. The van der Waals surface area contributed by atoms with Crippen LogP contribution in [0.1, 0.15) is 24.0 Å². The van der Waals surface area contributed by atoms with Crippen molar-refractivity contribution in [2.24, 2.45) is 0 Å². The molecule has 1 aromatic carbocycles. The second-order valence-electron chi connectivity index (χ2n) is 3.86. The van der Waals surface area contributed by atoms with Gasteiger partial charge >= 0.3 is 0 Å². The van der Waals surface area contributed by atoms with E-state index in [0.717, 1.165) is 25.9 Å². The third-order valence-corrected chi connectivity index (χ3v) is 2.42. The van der Waals surface area contributed by atoms with Gasteiger partial charge in [0, 0.05) is 20.3 Å². The van der Waals surface area contributed by atoms with Crippen molar-refractivity contribution in [3.63, 3.8) is 0 Å². The highest BCUT2D eigenvalue weighted by Crippen LogP contribution is 2.05. The number of rotatable bonds is 8. The number of benzene rings is 1. The van der Waals surface area contributed by atoms with Gasteiger partial charge in [-0.2, -0.15) is 0 Å². The second-order valence-corrected chi connectivity index (χ2v) is 3.86. The summed E-state index contributed by atoms with van der Waals surface area (Å²) in [5.41, 5.74) is 2.48. The minimum atomic E-state index is 0.285. The maximum Gasteiger partial charge on any atom is 0.0713 e. The highest BCUT2D eigenvalue weighted by molar-refractivity contribution is 5.21. The number of hydrogen-bond acceptors (Lipinski definition) is 3. The number of nitrogens with one attached hydrogen (secondary N) is 1. The van der Waals surface area contributed by atoms with E-state index < -0.39 is 0 Å². The van der Waals surface area contributed by atoms with E-state index in [1.807, 2.05) is 0 Å². The quantitative estimate of drug-likeness (QED) is 0.659. The maximum atomic E-state index is 8.62. The van der Waals surface area contributed by atoms with Gasteiger partial charge in [-0.05, 0) is 30.5 Å². The largest absolute Gasteiger partial charge is 0.396 e. The van der Waals surface area contributed by atoms with Crippen molar-refractivity contribution in [1.82, 2.24) is 5.32 Å². The van der Waals surface area contributed by atoms with Crippen molar-refractivity contribution in [2.45, 2.75) is 26.0 Å². The molecule has 0 bridgehead atoms. The molecule has 0 saturated heterocycles. The molecular weight excluding hydrogens is 202 g/mol. The summed E-state index contributed by atoms with van der Waals surface area (Å²) >= 11 is 0. The molecule has 3 heteroatoms. The van der Waals surface area contributed by atoms with E-state index in [1.165, 1.54) is 11.1 Å². The number of methoxy groups -OCH3 is 1. The Balaban J connectivity index is 2.21. The van der Waals surface area contributed by atoms with Crippen molar-refractivity contribution >= 4 is 0 Å². The molecule has 0 aliphatic heterocycles. The van der Waals surface area contributed by atoms with Crippen LogP contribution in [-0.4, -0.2) is 25.4 Å². The first kappa shape index (κ1) is 13.2. The third-order valence-electron chi connectivity index (χ3n) is 2.42. The van der Waals surface area contributed by atoms with Crippen LogP contribution in [0.5, 0.6) is 0 Å². The fraction of sp³-hybridized carbons (Fsp3) is 0.538. The first-order valence-corrected chi connectivity index (χ1v) is 5.75. The Hall–Kier alpha value is -0.900. The van der Waals surface area contributed by atoms with Crippen LogP contribution in [0.25, 0.3) is 0 Å². The lowest BCUT2D eigenvalue weighted by Gasteiger charge is -2.05. The Kier molecular flexibility index (Phi) is 6.81. The highest BCUT2D eigenvalue weighted by atomic mass is 16.5. The predicted molar refractivity (Wildman–Crippen MR) is 65.2 cm³/mol. The average molecular weight is 223 g/mol. The molecule has 1 rings (SSSR count). The van der Waals surface area contributed by atoms with Crippen LogP contribution >= 0.6 is 0 Å². The molecule has 0 aliphatic rings. The van der Waals surface area contributed by atoms with Gasteiger partial charge in [0.25, 0.3) is 0 Å². The molecule has 2 N–H and O–H groups in total. The van der Waals surface area contributed by atoms with Crippen molar-refractivity contribution in [3.05, 3.63) is 35.4 Å². The Morgan fingerprint density at radius 2 is 1.81 bits per heavy atom. The Morgan fingerprint density at radius 1 is 1.12 bits per heavy atom. The summed E-state index contributed by atoms with van der Waals surface area (Å²) in [6.45, 7) is 2.80. The third kappa shape index (κ3) is 5.26. The number of aliphatic hydroxyl groups is 1. The maximum absolute atomic E-state index is 8.62. The lowest BCUT2D eigenvalue weighted by molar-refractivity contribution is 0.185. The normalized spacial score (nSPS) is 10.6. The van der Waals surface area contributed by atoms with Gasteiger partial charge in [0.15, 0.2) is 0 Å². The van der Waals surface area contributed by atoms with Crippen LogP contribution in [0.3, 0.4) is 0 Å². The first-order chi connectivity index (χ1) is 7.86. The van der Waals surface area contributed by atoms with Crippen LogP contribution in [-0.2, 0) is 17.9 Å². The van der Waals surface area contributed by atoms with Crippen LogP contribution in [0.4, 0.5) is 0 Å². The van der Waals surface area contributed by atoms with E-state index in [9.17, 15) is 0 Å². The van der Waals surface area contributed by atoms with E-state index in [2.05, 4.69) is 29.6 Å². The van der Waals surface area contributed by atoms with Gasteiger partial charge in [0.05, 0.1) is 6.61 Å². The fourth-order valence-corrected chi connectivity index (χ4v) is 1.51. The molecule has 0 aromatic heterocycles. The zero-order valence-corrected chi connectivity index (χ0v) is 9.91. The molecule has 3 nitrogen and oxygen atoms in total. The van der Waals surface area contributed by atoms with Crippen LogP contribution < -0.4 is 5.32 Å². The Labute approximate surface area is 97.4 Å². The number of ether oxygens (including phenoxy) is 1. The molecule has 0 saturated carbocycles. The monoisotopic (exact) mass is 223 g/mol. The lowest BCUT2D eigenvalue weighted by Crippen LogP contribution is -2.14. The summed E-state index contributed by atoms with van der Waals surface area (Å²) in [5.74, 6) is 0. The number of aliphatic hydroxyl groups excluding tert-OH is 1. The summed E-state index contributed by atoms with van der Waals surface area (Å²) < 4.78 is 5.05. The van der Waals surface area contributed by atoms with Gasteiger partial charge in [0.2, 0.25) is 0 Å². The van der Waals surface area contributed by atoms with Crippen molar-refractivity contribution in [3.8, 4) is 0 Å². The molecule has 0 spiro atoms. The summed E-state index contributed by atoms with van der Waals surface area (Å²) in [7, 11) is 1.70. The minimum absolute atomic E-state index is 0.285. The molecule has 16 heavy (non-hydrogen) atoms. The summed E-state index contributed by atoms with van der Waals surface area (Å²) in [5, 5.41) is 12.0. The summed E-state index contributed by atoms with van der Waals surface area (Å²) in [6.07, 6.45) is 1.90. The van der Waals surface area contributed by atoms with E-state index in [0.29, 0.717) is 6.61 Å². The highest BCUT2D eigenvalue weighted by Gasteiger charge is 1.94. The van der Waals surface area contributed by atoms with Gasteiger partial charge in [-0.25, -0.2) is 0 Å². The van der Waals surface area contributed by atoms with E-state index in [1.54, 1.807) is 7.11 Å². The standard InChI is InChI=1S/C13H21NO2/c1-16-11-13-6-4-12(5-7-13)10-14-8-2-3-9-15/h4-7,14-15H,2-3,8-11H2,1H3. The first-order valence-electron chi connectivity index (χ1n) is 5.75. The van der Waals surface area contributed by atoms with Crippen molar-refractivity contribution < 1.29 is 9.84 Å². The molecule has 0 unspecified atom stereocenters. The molecule has 1 aromatic rings. The zero-order chi connectivity index (χ0) is 11.6. The Morgan fingerprint density at radius 3 is 2.44 bits per heavy atom. The van der Waals surface area contributed by atoms with Gasteiger partial charge in [-0.1, -0.05) is 24.3 Å². The molecule has 0 amide bonds. The van der Waals surface area contributed by atoms with Gasteiger partial charge in [-0.3, -0.25) is 0 Å². The molecule has 90 valence electrons. The zero-order valence-electron chi connectivity index (χ0n) is 9.91. The fourth-order valence-electron chi connectivity index (χ4n) is 1.51. The van der Waals surface area contributed by atoms with Crippen LogP contribution in [0.2, 0.25) is 0 Å². The molecule has 0 radical (unpaired) electrons. The SMILES string of the molecule is COCc1ccc(CNCCCCO)cc1. The van der Waals surface area contributed by atoms with Gasteiger partial charge in [-0.15, -0.1) is 0 Å². The predicted octanol–water partition coefficient (Wildman–Crippen LogP) is 1.70. The summed E-state index contributed by atoms with van der Waals surface area (Å²) in [6, 6.07) is 8.42. The van der Waals surface area contributed by atoms with Crippen molar-refractivity contribution in [1.29, 1.82) is 0 Å². The molecule has 0 aliphatic carbocycles. The van der Waals surface area contributed by atoms with E-state index in [-0.39, 0.29) is 6.61 Å². The minimum Gasteiger partial charge on any atom is -0.396 e. The van der Waals surface area contributed by atoms with Crippen molar-refractivity contribution in [2.75, 3.05) is 20.3 Å². The molecule has 0 atom stereocenters. The van der Waals surface area contributed by atoms with E-state index in [4.69, 9.17) is 9.84 Å². The average Bonchev–Trinajstić information content (AvgIpc) is 2.31. The lowest BCUT2D eigenvalue weighted by atomic mass is 10.1. The number of unbranched alkanes of at least 4 members (excludes halogenated alkanes) is 1. The Bertz CT molecular complexity index is 272. The second kappa shape index (κ2) is 8.28. The molecule has 0 fully saturated rings.